The molecule has 0 heterocycles. The second kappa shape index (κ2) is 5.34. The van der Waals surface area contributed by atoms with Gasteiger partial charge in [-0.2, -0.15) is 4.31 Å². The fraction of sp³-hybridized carbons (Fsp3) is 0.417. The van der Waals surface area contributed by atoms with Gasteiger partial charge in [0.05, 0.1) is 4.90 Å². The van der Waals surface area contributed by atoms with Gasteiger partial charge in [0.1, 0.15) is 4.99 Å². The first kappa shape index (κ1) is 15.1. The second-order valence-electron chi connectivity index (χ2n) is 4.46. The molecule has 0 radical (unpaired) electrons. The monoisotopic (exact) mass is 286 g/mol. The summed E-state index contributed by atoms with van der Waals surface area (Å²) in [6.45, 7) is 5.40. The first-order valence-corrected chi connectivity index (χ1v) is 7.41. The molecule has 2 N–H and O–H groups in total. The molecule has 4 nitrogen and oxygen atoms in total. The number of thiocarbonyl (C=S) groups is 1. The average Bonchev–Trinajstić information content (AvgIpc) is 2.27. The Morgan fingerprint density at radius 1 is 1.39 bits per heavy atom. The number of rotatable bonds is 4. The molecule has 1 rings (SSSR count). The zero-order valence-corrected chi connectivity index (χ0v) is 12.6. The van der Waals surface area contributed by atoms with E-state index in [1.165, 1.54) is 10.4 Å². The van der Waals surface area contributed by atoms with E-state index >= 15 is 0 Å². The molecule has 0 amide bonds. The van der Waals surface area contributed by atoms with Gasteiger partial charge in [-0.25, -0.2) is 8.42 Å². The quantitative estimate of drug-likeness (QED) is 0.855. The van der Waals surface area contributed by atoms with E-state index in [0.29, 0.717) is 11.1 Å². The highest BCUT2D eigenvalue weighted by Gasteiger charge is 2.25. The average molecular weight is 286 g/mol. The maximum Gasteiger partial charge on any atom is 0.243 e. The van der Waals surface area contributed by atoms with Gasteiger partial charge in [0.15, 0.2) is 0 Å². The molecule has 0 aromatic heterocycles. The van der Waals surface area contributed by atoms with E-state index in [0.717, 1.165) is 0 Å². The zero-order chi connectivity index (χ0) is 14.1. The lowest BCUT2D eigenvalue weighted by molar-refractivity contribution is 0.410. The topological polar surface area (TPSA) is 63.4 Å². The third-order valence-electron chi connectivity index (χ3n) is 2.86. The highest BCUT2D eigenvalue weighted by Crippen LogP contribution is 2.21. The minimum Gasteiger partial charge on any atom is -0.389 e. The first-order chi connectivity index (χ1) is 8.17. The molecule has 0 bridgehead atoms. The van der Waals surface area contributed by atoms with Crippen molar-refractivity contribution >= 4 is 27.2 Å². The number of nitrogens with two attached hydrogens (primary N) is 1. The summed E-state index contributed by atoms with van der Waals surface area (Å²) < 4.78 is 26.2. The molecule has 1 aromatic rings. The predicted octanol–water partition coefficient (Wildman–Crippen LogP) is 1.66. The summed E-state index contributed by atoms with van der Waals surface area (Å²) in [4.78, 5) is 0.447. The Morgan fingerprint density at radius 2 is 1.94 bits per heavy atom. The van der Waals surface area contributed by atoms with E-state index in [9.17, 15) is 8.42 Å². The van der Waals surface area contributed by atoms with Crippen LogP contribution in [0.5, 0.6) is 0 Å². The Bertz CT molecular complexity index is 565. The fourth-order valence-electron chi connectivity index (χ4n) is 1.46. The molecular formula is C12H18N2O2S2. The van der Waals surface area contributed by atoms with E-state index in [1.807, 2.05) is 13.8 Å². The lowest BCUT2D eigenvalue weighted by atomic mass is 10.1. The van der Waals surface area contributed by atoms with Crippen molar-refractivity contribution in [1.29, 1.82) is 0 Å². The van der Waals surface area contributed by atoms with Crippen molar-refractivity contribution in [3.63, 3.8) is 0 Å². The molecule has 0 fully saturated rings. The Kier molecular flexibility index (Phi) is 4.47. The smallest absolute Gasteiger partial charge is 0.243 e. The Morgan fingerprint density at radius 3 is 2.39 bits per heavy atom. The van der Waals surface area contributed by atoms with Crippen LogP contribution in [0.4, 0.5) is 0 Å². The highest BCUT2D eigenvalue weighted by molar-refractivity contribution is 7.89. The maximum atomic E-state index is 12.4. The largest absolute Gasteiger partial charge is 0.389 e. The minimum atomic E-state index is -3.51. The molecule has 0 spiro atoms. The molecular weight excluding hydrogens is 268 g/mol. The number of nitrogens with zero attached hydrogens (tertiary/aromatic N) is 1. The van der Waals surface area contributed by atoms with Gasteiger partial charge in [-0.3, -0.25) is 0 Å². The van der Waals surface area contributed by atoms with Gasteiger partial charge in [-0.05, 0) is 32.4 Å². The van der Waals surface area contributed by atoms with Crippen molar-refractivity contribution in [3.05, 3.63) is 29.3 Å². The van der Waals surface area contributed by atoms with Crippen molar-refractivity contribution in [2.75, 3.05) is 7.05 Å². The van der Waals surface area contributed by atoms with Crippen LogP contribution in [0.1, 0.15) is 25.0 Å². The van der Waals surface area contributed by atoms with Crippen LogP contribution < -0.4 is 5.73 Å². The number of aryl methyl sites for hydroxylation is 1. The van der Waals surface area contributed by atoms with Gasteiger partial charge in [0.25, 0.3) is 0 Å². The van der Waals surface area contributed by atoms with E-state index in [2.05, 4.69) is 0 Å². The van der Waals surface area contributed by atoms with Crippen molar-refractivity contribution in [1.82, 2.24) is 4.31 Å². The normalized spacial score (nSPS) is 12.1. The second-order valence-corrected chi connectivity index (χ2v) is 6.87. The van der Waals surface area contributed by atoms with Gasteiger partial charge < -0.3 is 5.73 Å². The summed E-state index contributed by atoms with van der Waals surface area (Å²) >= 11 is 4.87. The third kappa shape index (κ3) is 2.88. The highest BCUT2D eigenvalue weighted by atomic mass is 32.2. The van der Waals surface area contributed by atoms with Crippen LogP contribution >= 0.6 is 12.2 Å². The van der Waals surface area contributed by atoms with Gasteiger partial charge in [0.2, 0.25) is 10.0 Å². The summed E-state index contributed by atoms with van der Waals surface area (Å²) in [5, 5.41) is 0. The van der Waals surface area contributed by atoms with Gasteiger partial charge in [0, 0.05) is 18.7 Å². The molecule has 0 saturated heterocycles. The Hall–Kier alpha value is -0.980. The Balaban J connectivity index is 3.41. The van der Waals surface area contributed by atoms with E-state index in [1.54, 1.807) is 26.1 Å². The lowest BCUT2D eigenvalue weighted by Gasteiger charge is -2.22. The van der Waals surface area contributed by atoms with Crippen molar-refractivity contribution in [2.24, 2.45) is 5.73 Å². The predicted molar refractivity (Wildman–Crippen MR) is 77.2 cm³/mol. The number of benzene rings is 1. The van der Waals surface area contributed by atoms with Gasteiger partial charge >= 0.3 is 0 Å². The van der Waals surface area contributed by atoms with Crippen molar-refractivity contribution in [3.8, 4) is 0 Å². The van der Waals surface area contributed by atoms with E-state index in [-0.39, 0.29) is 15.9 Å². The molecule has 0 atom stereocenters. The van der Waals surface area contributed by atoms with Crippen LogP contribution in [0.2, 0.25) is 0 Å². The number of hydrogen-bond acceptors (Lipinski definition) is 3. The minimum absolute atomic E-state index is 0.108. The summed E-state index contributed by atoms with van der Waals surface area (Å²) in [6.07, 6.45) is 0. The molecule has 0 aliphatic rings. The molecule has 0 saturated carbocycles. The van der Waals surface area contributed by atoms with Crippen LogP contribution in [-0.4, -0.2) is 30.8 Å². The SMILES string of the molecule is Cc1ccc(C(N)=S)cc1S(=O)(=O)N(C)C(C)C. The first-order valence-electron chi connectivity index (χ1n) is 5.56. The van der Waals surface area contributed by atoms with E-state index in [4.69, 9.17) is 18.0 Å². The molecule has 6 heteroatoms. The molecule has 18 heavy (non-hydrogen) atoms. The summed E-state index contributed by atoms with van der Waals surface area (Å²) in [5.41, 5.74) is 6.78. The van der Waals surface area contributed by atoms with Gasteiger partial charge in [-0.1, -0.05) is 24.4 Å². The van der Waals surface area contributed by atoms with Gasteiger partial charge in [-0.15, -0.1) is 0 Å². The molecule has 0 unspecified atom stereocenters. The van der Waals surface area contributed by atoms with Crippen LogP contribution in [-0.2, 0) is 10.0 Å². The molecule has 100 valence electrons. The zero-order valence-electron chi connectivity index (χ0n) is 11.0. The lowest BCUT2D eigenvalue weighted by Crippen LogP contribution is -2.33. The van der Waals surface area contributed by atoms with Crippen molar-refractivity contribution < 1.29 is 8.42 Å². The summed E-state index contributed by atoms with van der Waals surface area (Å²) in [6, 6.07) is 4.87. The summed E-state index contributed by atoms with van der Waals surface area (Å²) in [5.74, 6) is 0. The summed E-state index contributed by atoms with van der Waals surface area (Å²) in [7, 11) is -1.94. The number of sulfonamides is 1. The van der Waals surface area contributed by atoms with E-state index < -0.39 is 10.0 Å². The molecule has 0 aliphatic carbocycles. The van der Waals surface area contributed by atoms with Crippen molar-refractivity contribution in [2.45, 2.75) is 31.7 Å². The fourth-order valence-corrected chi connectivity index (χ4v) is 3.21. The maximum absolute atomic E-state index is 12.4. The third-order valence-corrected chi connectivity index (χ3v) is 5.27. The van der Waals surface area contributed by atoms with Crippen LogP contribution in [0.15, 0.2) is 23.1 Å². The standard InChI is InChI=1S/C12H18N2O2S2/c1-8(2)14(4)18(15,16)11-7-10(12(13)17)6-5-9(11)3/h5-8H,1-4H3,(H2,13,17). The van der Waals surface area contributed by atoms with Crippen LogP contribution in [0.3, 0.4) is 0 Å². The molecule has 1 aromatic carbocycles. The molecule has 0 aliphatic heterocycles. The Labute approximate surface area is 114 Å². The number of hydrogen-bond donors (Lipinski definition) is 1. The van der Waals surface area contributed by atoms with Crippen LogP contribution in [0.25, 0.3) is 0 Å². The van der Waals surface area contributed by atoms with Crippen LogP contribution in [0, 0.1) is 6.92 Å².